The van der Waals surface area contributed by atoms with Crippen molar-refractivity contribution in [1.29, 1.82) is 0 Å². The third-order valence-corrected chi connectivity index (χ3v) is 3.65. The molecule has 7 nitrogen and oxygen atoms in total. The molecule has 140 valence electrons. The molecule has 27 heavy (non-hydrogen) atoms. The fraction of sp³-hybridized carbons (Fsp3) is 0.111. The molecule has 0 heterocycles. The minimum absolute atomic E-state index is 0.0162. The minimum atomic E-state index is -0.787. The van der Waals surface area contributed by atoms with Crippen molar-refractivity contribution < 1.29 is 23.6 Å². The van der Waals surface area contributed by atoms with Crippen LogP contribution >= 0.6 is 11.6 Å². The monoisotopic (exact) mass is 392 g/mol. The summed E-state index contributed by atoms with van der Waals surface area (Å²) in [7, 11) is 0. The Kier molecular flexibility index (Phi) is 7.01. The highest BCUT2D eigenvalue weighted by Crippen LogP contribution is 2.25. The van der Waals surface area contributed by atoms with Crippen LogP contribution in [0.3, 0.4) is 0 Å². The zero-order valence-corrected chi connectivity index (χ0v) is 14.6. The van der Waals surface area contributed by atoms with Gasteiger partial charge in [-0.25, -0.2) is 9.18 Å². The van der Waals surface area contributed by atoms with E-state index in [2.05, 4.69) is 5.32 Å². The molecule has 0 bridgehead atoms. The van der Waals surface area contributed by atoms with Gasteiger partial charge in [-0.05, 0) is 35.4 Å². The SMILES string of the molecule is O=C(COC(=O)C=Cc1ccc(Cl)c([N+](=O)[O-])c1)NCc1ccc(F)cc1. The second-order valence-electron chi connectivity index (χ2n) is 5.31. The molecule has 2 aromatic rings. The van der Waals surface area contributed by atoms with Crippen LogP contribution in [0.1, 0.15) is 11.1 Å². The minimum Gasteiger partial charge on any atom is -0.452 e. The van der Waals surface area contributed by atoms with E-state index in [4.69, 9.17) is 16.3 Å². The number of carbonyl (C=O) groups excluding carboxylic acids is 2. The van der Waals surface area contributed by atoms with Crippen LogP contribution in [0.15, 0.2) is 48.5 Å². The number of nitro benzene ring substituents is 1. The van der Waals surface area contributed by atoms with Crippen LogP contribution < -0.4 is 5.32 Å². The standard InChI is InChI=1S/C18H14ClFN2O5/c19-15-7-3-12(9-16(15)22(25)26)4-8-18(24)27-11-17(23)21-10-13-1-5-14(20)6-2-13/h1-9H,10-11H2,(H,21,23). The molecule has 0 atom stereocenters. The first kappa shape index (κ1) is 20.1. The van der Waals surface area contributed by atoms with Crippen molar-refractivity contribution in [2.24, 2.45) is 0 Å². The second-order valence-corrected chi connectivity index (χ2v) is 5.72. The average molecular weight is 393 g/mol. The van der Waals surface area contributed by atoms with Crippen molar-refractivity contribution in [2.75, 3.05) is 6.61 Å². The maximum atomic E-state index is 12.8. The Balaban J connectivity index is 1.80. The van der Waals surface area contributed by atoms with Crippen LogP contribution in [0, 0.1) is 15.9 Å². The molecule has 1 amide bonds. The van der Waals surface area contributed by atoms with Gasteiger partial charge in [0.15, 0.2) is 6.61 Å². The average Bonchev–Trinajstić information content (AvgIpc) is 2.65. The Morgan fingerprint density at radius 3 is 2.59 bits per heavy atom. The Morgan fingerprint density at radius 2 is 1.93 bits per heavy atom. The summed E-state index contributed by atoms with van der Waals surface area (Å²) in [6, 6.07) is 9.63. The van der Waals surface area contributed by atoms with Crippen LogP contribution in [-0.4, -0.2) is 23.4 Å². The summed E-state index contributed by atoms with van der Waals surface area (Å²) in [4.78, 5) is 33.4. The van der Waals surface area contributed by atoms with Gasteiger partial charge in [0.05, 0.1) is 4.92 Å². The van der Waals surface area contributed by atoms with Gasteiger partial charge in [0.2, 0.25) is 0 Å². The van der Waals surface area contributed by atoms with Crippen molar-refractivity contribution >= 4 is 35.2 Å². The zero-order chi connectivity index (χ0) is 19.8. The third-order valence-electron chi connectivity index (χ3n) is 3.33. The molecule has 2 rings (SSSR count). The molecule has 0 aliphatic heterocycles. The molecular weight excluding hydrogens is 379 g/mol. The highest BCUT2D eigenvalue weighted by atomic mass is 35.5. The van der Waals surface area contributed by atoms with Gasteiger partial charge in [0, 0.05) is 18.7 Å². The molecule has 0 unspecified atom stereocenters. The first-order valence-electron chi connectivity index (χ1n) is 7.65. The topological polar surface area (TPSA) is 98.5 Å². The smallest absolute Gasteiger partial charge is 0.331 e. The number of amides is 1. The number of ether oxygens (including phenoxy) is 1. The van der Waals surface area contributed by atoms with E-state index < -0.39 is 23.4 Å². The number of nitrogens with one attached hydrogen (secondary N) is 1. The summed E-state index contributed by atoms with van der Waals surface area (Å²) >= 11 is 5.70. The normalized spacial score (nSPS) is 10.6. The van der Waals surface area contributed by atoms with E-state index in [9.17, 15) is 24.1 Å². The second kappa shape index (κ2) is 9.44. The zero-order valence-electron chi connectivity index (χ0n) is 13.9. The molecule has 9 heteroatoms. The number of esters is 1. The molecule has 0 aliphatic rings. The quantitative estimate of drug-likeness (QED) is 0.337. The van der Waals surface area contributed by atoms with E-state index in [1.54, 1.807) is 0 Å². The number of nitro groups is 1. The van der Waals surface area contributed by atoms with Crippen molar-refractivity contribution in [3.63, 3.8) is 0 Å². The number of nitrogens with zero attached hydrogens (tertiary/aromatic N) is 1. The van der Waals surface area contributed by atoms with Crippen molar-refractivity contribution in [1.82, 2.24) is 5.32 Å². The molecule has 2 aromatic carbocycles. The molecule has 0 radical (unpaired) electrons. The van der Waals surface area contributed by atoms with Gasteiger partial charge in [-0.3, -0.25) is 14.9 Å². The molecule has 0 saturated carbocycles. The van der Waals surface area contributed by atoms with Crippen LogP contribution in [0.5, 0.6) is 0 Å². The lowest BCUT2D eigenvalue weighted by Crippen LogP contribution is -2.28. The Bertz CT molecular complexity index is 884. The summed E-state index contributed by atoms with van der Waals surface area (Å²) in [5, 5.41) is 13.3. The molecular formula is C18H14ClFN2O5. The first-order chi connectivity index (χ1) is 12.8. The molecule has 1 N–H and O–H groups in total. The van der Waals surface area contributed by atoms with Gasteiger partial charge in [0.1, 0.15) is 10.8 Å². The van der Waals surface area contributed by atoms with Gasteiger partial charge < -0.3 is 10.1 Å². The third kappa shape index (κ3) is 6.52. The van der Waals surface area contributed by atoms with Crippen LogP contribution in [0.4, 0.5) is 10.1 Å². The lowest BCUT2D eigenvalue weighted by Gasteiger charge is -2.05. The predicted octanol–water partition coefficient (Wildman–Crippen LogP) is 3.26. The molecule has 0 fully saturated rings. The van der Waals surface area contributed by atoms with E-state index in [0.29, 0.717) is 11.1 Å². The van der Waals surface area contributed by atoms with Gasteiger partial charge in [0.25, 0.3) is 11.6 Å². The van der Waals surface area contributed by atoms with Crippen LogP contribution in [0.2, 0.25) is 5.02 Å². The molecule has 0 spiro atoms. The number of rotatable bonds is 7. The molecule has 0 saturated heterocycles. The Morgan fingerprint density at radius 1 is 1.22 bits per heavy atom. The van der Waals surface area contributed by atoms with E-state index >= 15 is 0 Å². The van der Waals surface area contributed by atoms with E-state index in [1.165, 1.54) is 48.5 Å². The number of carbonyl (C=O) groups is 2. The maximum Gasteiger partial charge on any atom is 0.331 e. The lowest BCUT2D eigenvalue weighted by atomic mass is 10.2. The summed E-state index contributed by atoms with van der Waals surface area (Å²) in [6.45, 7) is -0.327. The first-order valence-corrected chi connectivity index (χ1v) is 8.03. The molecule has 0 aliphatic carbocycles. The van der Waals surface area contributed by atoms with Crippen molar-refractivity contribution in [3.8, 4) is 0 Å². The number of halogens is 2. The van der Waals surface area contributed by atoms with Crippen LogP contribution in [0.25, 0.3) is 6.08 Å². The number of benzene rings is 2. The fourth-order valence-corrected chi connectivity index (χ4v) is 2.16. The largest absolute Gasteiger partial charge is 0.452 e. The van der Waals surface area contributed by atoms with Crippen molar-refractivity contribution in [2.45, 2.75) is 6.54 Å². The van der Waals surface area contributed by atoms with E-state index in [-0.39, 0.29) is 23.1 Å². The summed E-state index contributed by atoms with van der Waals surface area (Å²) < 4.78 is 17.6. The lowest BCUT2D eigenvalue weighted by molar-refractivity contribution is -0.384. The molecule has 0 aromatic heterocycles. The van der Waals surface area contributed by atoms with Crippen molar-refractivity contribution in [3.05, 3.63) is 80.6 Å². The highest BCUT2D eigenvalue weighted by molar-refractivity contribution is 6.32. The Labute approximate surface area is 158 Å². The predicted molar refractivity (Wildman–Crippen MR) is 96.3 cm³/mol. The van der Waals surface area contributed by atoms with Gasteiger partial charge in [-0.1, -0.05) is 29.8 Å². The van der Waals surface area contributed by atoms with E-state index in [0.717, 1.165) is 6.08 Å². The fourth-order valence-electron chi connectivity index (χ4n) is 1.98. The number of hydrogen-bond acceptors (Lipinski definition) is 5. The summed E-state index contributed by atoms with van der Waals surface area (Å²) in [5.74, 6) is -1.69. The Hall–Kier alpha value is -3.26. The summed E-state index contributed by atoms with van der Waals surface area (Å²) in [5.41, 5.74) is 0.788. The van der Waals surface area contributed by atoms with Gasteiger partial charge >= 0.3 is 5.97 Å². The maximum absolute atomic E-state index is 12.8. The van der Waals surface area contributed by atoms with E-state index in [1.807, 2.05) is 0 Å². The van der Waals surface area contributed by atoms with Crippen LogP contribution in [-0.2, 0) is 20.9 Å². The number of hydrogen-bond donors (Lipinski definition) is 1. The highest BCUT2D eigenvalue weighted by Gasteiger charge is 2.12. The summed E-state index contributed by atoms with van der Waals surface area (Å²) in [6.07, 6.45) is 2.35. The van der Waals surface area contributed by atoms with Gasteiger partial charge in [-0.2, -0.15) is 0 Å². The van der Waals surface area contributed by atoms with Gasteiger partial charge in [-0.15, -0.1) is 0 Å².